The van der Waals surface area contributed by atoms with Gasteiger partial charge >= 0.3 is 0 Å². The first-order valence-electron chi connectivity index (χ1n) is 6.82. The molecule has 0 rings (SSSR count). The third kappa shape index (κ3) is 8.12. The maximum atomic E-state index is 9.45. The summed E-state index contributed by atoms with van der Waals surface area (Å²) in [6.45, 7) is 8.68. The van der Waals surface area contributed by atoms with Crippen molar-refractivity contribution in [3.05, 3.63) is 0 Å². The van der Waals surface area contributed by atoms with Gasteiger partial charge in [0.15, 0.2) is 0 Å². The average molecular weight is 230 g/mol. The van der Waals surface area contributed by atoms with E-state index in [1.54, 1.807) is 6.92 Å². The van der Waals surface area contributed by atoms with Crippen LogP contribution in [0, 0.1) is 0 Å². The summed E-state index contributed by atoms with van der Waals surface area (Å²) < 4.78 is 5.67. The lowest BCUT2D eigenvalue weighted by molar-refractivity contribution is -0.0940. The Bertz CT molecular complexity index is 153. The van der Waals surface area contributed by atoms with Crippen molar-refractivity contribution in [1.29, 1.82) is 0 Å². The summed E-state index contributed by atoms with van der Waals surface area (Å²) in [7, 11) is 0. The predicted molar refractivity (Wildman–Crippen MR) is 69.7 cm³/mol. The number of aliphatic hydroxyl groups is 1. The van der Waals surface area contributed by atoms with Gasteiger partial charge in [0, 0.05) is 6.61 Å². The molecule has 0 heterocycles. The maximum Gasteiger partial charge on any atom is 0.0881 e. The minimum absolute atomic E-state index is 0.401. The highest BCUT2D eigenvalue weighted by Gasteiger charge is 2.24. The Balaban J connectivity index is 3.27. The zero-order chi connectivity index (χ0) is 12.4. The highest BCUT2D eigenvalue weighted by atomic mass is 16.5. The topological polar surface area (TPSA) is 29.5 Å². The highest BCUT2D eigenvalue weighted by molar-refractivity contribution is 4.74. The zero-order valence-corrected chi connectivity index (χ0v) is 11.6. The van der Waals surface area contributed by atoms with Crippen LogP contribution in [0.4, 0.5) is 0 Å². The fraction of sp³-hybridized carbons (Fsp3) is 1.00. The van der Waals surface area contributed by atoms with Gasteiger partial charge in [0.2, 0.25) is 0 Å². The molecule has 0 aromatic carbocycles. The number of unbranched alkanes of at least 4 members (excludes halogenated alkanes) is 6. The van der Waals surface area contributed by atoms with Gasteiger partial charge in [-0.2, -0.15) is 0 Å². The van der Waals surface area contributed by atoms with Crippen molar-refractivity contribution >= 4 is 0 Å². The van der Waals surface area contributed by atoms with E-state index in [2.05, 4.69) is 6.92 Å². The molecule has 1 N–H and O–H groups in total. The van der Waals surface area contributed by atoms with E-state index in [0.717, 1.165) is 13.0 Å². The van der Waals surface area contributed by atoms with Gasteiger partial charge in [-0.15, -0.1) is 0 Å². The van der Waals surface area contributed by atoms with Crippen molar-refractivity contribution in [2.24, 2.45) is 0 Å². The number of hydrogen-bond acceptors (Lipinski definition) is 2. The second-order valence-corrected chi connectivity index (χ2v) is 5.25. The predicted octanol–water partition coefficient (Wildman–Crippen LogP) is 3.91. The Kier molecular flexibility index (Phi) is 8.96. The van der Waals surface area contributed by atoms with Gasteiger partial charge in [0.05, 0.1) is 11.7 Å². The third-order valence-electron chi connectivity index (χ3n) is 3.23. The van der Waals surface area contributed by atoms with Crippen molar-refractivity contribution in [3.8, 4) is 0 Å². The summed E-state index contributed by atoms with van der Waals surface area (Å²) in [5.41, 5.74) is -0.401. The molecule has 0 spiro atoms. The minimum Gasteiger partial charge on any atom is -0.390 e. The van der Waals surface area contributed by atoms with E-state index in [0.29, 0.717) is 0 Å². The van der Waals surface area contributed by atoms with Crippen LogP contribution in [0.15, 0.2) is 0 Å². The largest absolute Gasteiger partial charge is 0.390 e. The van der Waals surface area contributed by atoms with Gasteiger partial charge in [-0.25, -0.2) is 0 Å². The zero-order valence-electron chi connectivity index (χ0n) is 11.6. The molecule has 0 saturated carbocycles. The molecule has 98 valence electrons. The molecule has 16 heavy (non-hydrogen) atoms. The Morgan fingerprint density at radius 1 is 1.00 bits per heavy atom. The van der Waals surface area contributed by atoms with E-state index in [-0.39, 0.29) is 0 Å². The fourth-order valence-electron chi connectivity index (χ4n) is 1.51. The first-order chi connectivity index (χ1) is 7.50. The van der Waals surface area contributed by atoms with Gasteiger partial charge < -0.3 is 9.84 Å². The lowest BCUT2D eigenvalue weighted by atomic mass is 10.0. The molecule has 0 aliphatic heterocycles. The number of aliphatic hydroxyl groups excluding tert-OH is 1. The molecule has 0 radical (unpaired) electrons. The maximum absolute atomic E-state index is 9.45. The lowest BCUT2D eigenvalue weighted by Gasteiger charge is -2.28. The van der Waals surface area contributed by atoms with Gasteiger partial charge in [-0.3, -0.25) is 0 Å². The second kappa shape index (κ2) is 9.00. The third-order valence-corrected chi connectivity index (χ3v) is 3.23. The van der Waals surface area contributed by atoms with Crippen LogP contribution in [0.1, 0.15) is 72.6 Å². The number of ether oxygens (including phenoxy) is 1. The van der Waals surface area contributed by atoms with E-state index >= 15 is 0 Å². The monoisotopic (exact) mass is 230 g/mol. The number of rotatable bonds is 10. The normalized spacial score (nSPS) is 14.1. The molecule has 0 aliphatic rings. The Labute approximate surface area is 101 Å². The van der Waals surface area contributed by atoms with Crippen LogP contribution in [0.25, 0.3) is 0 Å². The van der Waals surface area contributed by atoms with Gasteiger partial charge in [-0.1, -0.05) is 45.4 Å². The fourth-order valence-corrected chi connectivity index (χ4v) is 1.51. The Morgan fingerprint density at radius 3 is 2.00 bits per heavy atom. The van der Waals surface area contributed by atoms with Gasteiger partial charge in [-0.05, 0) is 27.2 Å². The van der Waals surface area contributed by atoms with E-state index in [4.69, 9.17) is 4.74 Å². The van der Waals surface area contributed by atoms with Crippen LogP contribution in [-0.2, 0) is 4.74 Å². The molecule has 0 bridgehead atoms. The van der Waals surface area contributed by atoms with Crippen LogP contribution < -0.4 is 0 Å². The van der Waals surface area contributed by atoms with Crippen LogP contribution >= 0.6 is 0 Å². The molecular formula is C14H30O2. The second-order valence-electron chi connectivity index (χ2n) is 5.25. The smallest absolute Gasteiger partial charge is 0.0881 e. The van der Waals surface area contributed by atoms with E-state index in [9.17, 15) is 5.11 Å². The summed E-state index contributed by atoms with van der Waals surface area (Å²) in [6.07, 6.45) is 8.68. The summed E-state index contributed by atoms with van der Waals surface area (Å²) in [4.78, 5) is 0. The first-order valence-corrected chi connectivity index (χ1v) is 6.82. The summed E-state index contributed by atoms with van der Waals surface area (Å²) >= 11 is 0. The quantitative estimate of drug-likeness (QED) is 0.576. The molecule has 0 aromatic rings. The lowest BCUT2D eigenvalue weighted by Crippen LogP contribution is -2.37. The number of hydrogen-bond donors (Lipinski definition) is 1. The standard InChI is InChI=1S/C14H30O2/c1-5-6-7-8-9-10-11-12-16-14(3,4)13(2)15/h13,15H,5-12H2,1-4H3. The van der Waals surface area contributed by atoms with Crippen LogP contribution in [-0.4, -0.2) is 23.4 Å². The van der Waals surface area contributed by atoms with Crippen LogP contribution in [0.5, 0.6) is 0 Å². The Hall–Kier alpha value is -0.0800. The summed E-state index contributed by atoms with van der Waals surface area (Å²) in [6, 6.07) is 0. The average Bonchev–Trinajstić information content (AvgIpc) is 2.21. The highest BCUT2D eigenvalue weighted by Crippen LogP contribution is 2.15. The molecule has 0 fully saturated rings. The van der Waals surface area contributed by atoms with E-state index < -0.39 is 11.7 Å². The first kappa shape index (κ1) is 15.9. The van der Waals surface area contributed by atoms with E-state index in [1.165, 1.54) is 38.5 Å². The summed E-state index contributed by atoms with van der Waals surface area (Å²) in [5, 5.41) is 9.45. The van der Waals surface area contributed by atoms with Crippen molar-refractivity contribution in [2.75, 3.05) is 6.61 Å². The molecule has 1 unspecified atom stereocenters. The molecule has 0 aromatic heterocycles. The Morgan fingerprint density at radius 2 is 1.50 bits per heavy atom. The van der Waals surface area contributed by atoms with Crippen LogP contribution in [0.3, 0.4) is 0 Å². The van der Waals surface area contributed by atoms with Gasteiger partial charge in [0.25, 0.3) is 0 Å². The van der Waals surface area contributed by atoms with Crippen LogP contribution in [0.2, 0.25) is 0 Å². The minimum atomic E-state index is -0.406. The van der Waals surface area contributed by atoms with E-state index in [1.807, 2.05) is 13.8 Å². The van der Waals surface area contributed by atoms with Crippen molar-refractivity contribution < 1.29 is 9.84 Å². The van der Waals surface area contributed by atoms with Crippen molar-refractivity contribution in [1.82, 2.24) is 0 Å². The van der Waals surface area contributed by atoms with Crippen molar-refractivity contribution in [3.63, 3.8) is 0 Å². The molecular weight excluding hydrogens is 200 g/mol. The summed E-state index contributed by atoms with van der Waals surface area (Å²) in [5.74, 6) is 0. The molecule has 2 heteroatoms. The molecule has 0 aliphatic carbocycles. The van der Waals surface area contributed by atoms with Crippen molar-refractivity contribution in [2.45, 2.75) is 84.3 Å². The SMILES string of the molecule is CCCCCCCCCOC(C)(C)C(C)O. The van der Waals surface area contributed by atoms with Gasteiger partial charge in [0.1, 0.15) is 0 Å². The molecule has 1 atom stereocenters. The molecule has 0 saturated heterocycles. The molecule has 0 amide bonds. The molecule has 2 nitrogen and oxygen atoms in total.